The highest BCUT2D eigenvalue weighted by molar-refractivity contribution is 6.21. The van der Waals surface area contributed by atoms with Gasteiger partial charge in [0.2, 0.25) is 0 Å². The Balaban J connectivity index is 1.69. The molecule has 1 fully saturated rings. The van der Waals surface area contributed by atoms with E-state index in [1.165, 1.54) is 7.11 Å². The topological polar surface area (TPSA) is 91.7 Å². The number of ether oxygens (including phenoxy) is 2. The molecule has 1 aliphatic rings. The van der Waals surface area contributed by atoms with Crippen molar-refractivity contribution in [1.82, 2.24) is 5.32 Å². The monoisotopic (exact) mass is 337 g/mol. The van der Waals surface area contributed by atoms with Crippen molar-refractivity contribution in [3.63, 3.8) is 0 Å². The second-order valence-electron chi connectivity index (χ2n) is 5.32. The van der Waals surface area contributed by atoms with E-state index in [4.69, 9.17) is 14.7 Å². The summed E-state index contributed by atoms with van der Waals surface area (Å²) in [4.78, 5) is 25.7. The fourth-order valence-electron chi connectivity index (χ4n) is 2.44. The number of anilines is 1. The van der Waals surface area contributed by atoms with Gasteiger partial charge in [0.25, 0.3) is 5.91 Å². The second kappa shape index (κ2) is 6.93. The van der Waals surface area contributed by atoms with Crippen LogP contribution < -0.4 is 19.7 Å². The minimum Gasteiger partial charge on any atom is -0.497 e. The van der Waals surface area contributed by atoms with Crippen LogP contribution in [0.5, 0.6) is 11.5 Å². The van der Waals surface area contributed by atoms with Crippen molar-refractivity contribution >= 4 is 17.6 Å². The molecule has 2 aromatic rings. The molecule has 126 valence electrons. The summed E-state index contributed by atoms with van der Waals surface area (Å²) in [7, 11) is 1.51. The van der Waals surface area contributed by atoms with Gasteiger partial charge in [-0.1, -0.05) is 6.07 Å². The molecule has 1 atom stereocenters. The third kappa shape index (κ3) is 3.38. The lowest BCUT2D eigenvalue weighted by atomic mass is 10.2. The Morgan fingerprint density at radius 1 is 1.16 bits per heavy atom. The van der Waals surface area contributed by atoms with E-state index in [1.54, 1.807) is 48.5 Å². The maximum atomic E-state index is 12.5. The number of rotatable bonds is 5. The van der Waals surface area contributed by atoms with Crippen LogP contribution in [0, 0.1) is 11.3 Å². The average Bonchev–Trinajstić information content (AvgIpc) is 2.94. The van der Waals surface area contributed by atoms with Gasteiger partial charge >= 0.3 is 6.03 Å². The highest BCUT2D eigenvalue weighted by Gasteiger charge is 2.39. The number of nitriles is 1. The molecule has 1 N–H and O–H groups in total. The molecule has 0 aromatic heterocycles. The lowest BCUT2D eigenvalue weighted by Gasteiger charge is -2.14. The Hall–Kier alpha value is -3.53. The summed E-state index contributed by atoms with van der Waals surface area (Å²) in [5, 5.41) is 11.4. The Morgan fingerprint density at radius 2 is 1.92 bits per heavy atom. The van der Waals surface area contributed by atoms with Gasteiger partial charge in [0.15, 0.2) is 0 Å². The van der Waals surface area contributed by atoms with Gasteiger partial charge in [-0.05, 0) is 36.4 Å². The molecule has 3 rings (SSSR count). The lowest BCUT2D eigenvalue weighted by molar-refractivity contribution is -0.118. The first-order chi connectivity index (χ1) is 12.1. The summed E-state index contributed by atoms with van der Waals surface area (Å²) in [6, 6.07) is 13.9. The first kappa shape index (κ1) is 16.3. The van der Waals surface area contributed by atoms with Crippen LogP contribution in [-0.2, 0) is 4.79 Å². The second-order valence-corrected chi connectivity index (χ2v) is 5.32. The van der Waals surface area contributed by atoms with Gasteiger partial charge in [-0.25, -0.2) is 9.69 Å². The zero-order chi connectivity index (χ0) is 17.8. The Bertz CT molecular complexity index is 842. The number of hydrogen-bond acceptors (Lipinski definition) is 5. The van der Waals surface area contributed by atoms with Crippen molar-refractivity contribution in [2.45, 2.75) is 6.04 Å². The highest BCUT2D eigenvalue weighted by atomic mass is 16.5. The number of amides is 3. The number of carbonyl (C=O) groups is 2. The summed E-state index contributed by atoms with van der Waals surface area (Å²) >= 11 is 0. The Morgan fingerprint density at radius 3 is 2.60 bits per heavy atom. The smallest absolute Gasteiger partial charge is 0.329 e. The molecule has 2 aromatic carbocycles. The number of nitrogens with zero attached hydrogens (tertiary/aromatic N) is 2. The van der Waals surface area contributed by atoms with Crippen LogP contribution in [0.4, 0.5) is 10.5 Å². The van der Waals surface area contributed by atoms with E-state index in [0.717, 1.165) is 4.90 Å². The third-order valence-electron chi connectivity index (χ3n) is 3.73. The molecular weight excluding hydrogens is 322 g/mol. The van der Waals surface area contributed by atoms with Crippen LogP contribution in [0.25, 0.3) is 0 Å². The van der Waals surface area contributed by atoms with Crippen molar-refractivity contribution in [1.29, 1.82) is 5.26 Å². The number of methoxy groups -OCH3 is 1. The van der Waals surface area contributed by atoms with Gasteiger partial charge in [-0.2, -0.15) is 5.26 Å². The summed E-state index contributed by atoms with van der Waals surface area (Å²) < 4.78 is 10.7. The van der Waals surface area contributed by atoms with Gasteiger partial charge in [-0.3, -0.25) is 4.79 Å². The number of imide groups is 1. The van der Waals surface area contributed by atoms with Gasteiger partial charge in [0.05, 0.1) is 24.4 Å². The number of hydrogen-bond donors (Lipinski definition) is 1. The molecule has 25 heavy (non-hydrogen) atoms. The lowest BCUT2D eigenvalue weighted by Crippen LogP contribution is -2.35. The molecule has 7 heteroatoms. The molecule has 0 radical (unpaired) electrons. The van der Waals surface area contributed by atoms with Crippen LogP contribution in [0.2, 0.25) is 0 Å². The molecule has 1 heterocycles. The zero-order valence-electron chi connectivity index (χ0n) is 13.4. The van der Waals surface area contributed by atoms with Crippen molar-refractivity contribution in [3.05, 3.63) is 54.1 Å². The molecular formula is C18H15N3O4. The van der Waals surface area contributed by atoms with Gasteiger partial charge in [0.1, 0.15) is 24.1 Å². The summed E-state index contributed by atoms with van der Waals surface area (Å²) in [5.74, 6) is 0.670. The number of urea groups is 1. The maximum absolute atomic E-state index is 12.5. The summed E-state index contributed by atoms with van der Waals surface area (Å²) in [5.41, 5.74) is 0.949. The minimum atomic E-state index is -0.783. The van der Waals surface area contributed by atoms with E-state index >= 15 is 0 Å². The fourth-order valence-corrected chi connectivity index (χ4v) is 2.44. The van der Waals surface area contributed by atoms with E-state index in [-0.39, 0.29) is 6.61 Å². The quantitative estimate of drug-likeness (QED) is 0.843. The van der Waals surface area contributed by atoms with E-state index in [2.05, 4.69) is 5.32 Å². The maximum Gasteiger partial charge on any atom is 0.329 e. The predicted octanol–water partition coefficient (Wildman–Crippen LogP) is 2.07. The first-order valence-electron chi connectivity index (χ1n) is 7.54. The zero-order valence-corrected chi connectivity index (χ0v) is 13.4. The molecule has 0 spiro atoms. The molecule has 3 amide bonds. The van der Waals surface area contributed by atoms with E-state index in [9.17, 15) is 9.59 Å². The van der Waals surface area contributed by atoms with Crippen LogP contribution in [0.15, 0.2) is 48.5 Å². The molecule has 0 bridgehead atoms. The summed E-state index contributed by atoms with van der Waals surface area (Å²) in [6.45, 7) is -0.00303. The number of carbonyl (C=O) groups excluding carboxylic acids is 2. The van der Waals surface area contributed by atoms with Crippen molar-refractivity contribution in [2.75, 3.05) is 18.6 Å². The standard InChI is InChI=1S/C18H15N3O4/c1-24-15-4-2-3-13(9-15)21-17(22)16(20-18(21)23)11-25-14-7-5-12(10-19)6-8-14/h2-9,16H,11H2,1H3,(H,20,23)/t16-/m0/s1. The van der Waals surface area contributed by atoms with Crippen molar-refractivity contribution in [3.8, 4) is 17.6 Å². The van der Waals surface area contributed by atoms with E-state index < -0.39 is 18.0 Å². The van der Waals surface area contributed by atoms with Crippen LogP contribution in [0.3, 0.4) is 0 Å². The van der Waals surface area contributed by atoms with Crippen molar-refractivity contribution < 1.29 is 19.1 Å². The molecule has 7 nitrogen and oxygen atoms in total. The molecule has 1 aliphatic heterocycles. The molecule has 0 unspecified atom stereocenters. The largest absolute Gasteiger partial charge is 0.497 e. The van der Waals surface area contributed by atoms with E-state index in [0.29, 0.717) is 22.7 Å². The fraction of sp³-hybridized carbons (Fsp3) is 0.167. The van der Waals surface area contributed by atoms with E-state index in [1.807, 2.05) is 6.07 Å². The Kier molecular flexibility index (Phi) is 4.53. The van der Waals surface area contributed by atoms with Crippen LogP contribution in [0.1, 0.15) is 5.56 Å². The van der Waals surface area contributed by atoms with Gasteiger partial charge in [-0.15, -0.1) is 0 Å². The Labute approximate surface area is 144 Å². The normalized spacial score (nSPS) is 16.3. The van der Waals surface area contributed by atoms with Gasteiger partial charge in [0, 0.05) is 6.07 Å². The molecule has 0 aliphatic carbocycles. The van der Waals surface area contributed by atoms with Gasteiger partial charge < -0.3 is 14.8 Å². The molecule has 0 saturated carbocycles. The van der Waals surface area contributed by atoms with Crippen LogP contribution >= 0.6 is 0 Å². The average molecular weight is 337 g/mol. The molecule has 1 saturated heterocycles. The minimum absolute atomic E-state index is 0.00303. The SMILES string of the molecule is COc1cccc(N2C(=O)N[C@@H](COc3ccc(C#N)cc3)C2=O)c1. The summed E-state index contributed by atoms with van der Waals surface area (Å²) in [6.07, 6.45) is 0. The number of benzene rings is 2. The third-order valence-corrected chi connectivity index (χ3v) is 3.73. The number of nitrogens with one attached hydrogen (secondary N) is 1. The highest BCUT2D eigenvalue weighted by Crippen LogP contribution is 2.24. The van der Waals surface area contributed by atoms with Crippen molar-refractivity contribution in [2.24, 2.45) is 0 Å². The van der Waals surface area contributed by atoms with Crippen LogP contribution in [-0.4, -0.2) is 31.7 Å². The first-order valence-corrected chi connectivity index (χ1v) is 7.54. The predicted molar refractivity (Wildman–Crippen MR) is 89.5 cm³/mol.